The van der Waals surface area contributed by atoms with Crippen LogP contribution < -0.4 is 0 Å². The Bertz CT molecular complexity index is 194. The number of carbonyl (C=O) groups is 2. The zero-order valence-electron chi connectivity index (χ0n) is 6.04. The van der Waals surface area contributed by atoms with Gasteiger partial charge in [0.2, 0.25) is 0 Å². The van der Waals surface area contributed by atoms with Crippen molar-refractivity contribution in [2.24, 2.45) is 0 Å². The van der Waals surface area contributed by atoms with E-state index in [9.17, 15) is 9.59 Å². The maximum Gasteiger partial charge on any atom is 0.329 e. The van der Waals surface area contributed by atoms with Crippen LogP contribution in [0.4, 0.5) is 0 Å². The van der Waals surface area contributed by atoms with Crippen LogP contribution in [0.1, 0.15) is 13.3 Å². The van der Waals surface area contributed by atoms with Gasteiger partial charge in [-0.1, -0.05) is 15.9 Å². The Morgan fingerprint density at radius 2 is 2.55 bits per heavy atom. The molecule has 1 aliphatic heterocycles. The molecule has 1 atom stereocenters. The molecular formula is C6H8BrNO3. The van der Waals surface area contributed by atoms with Gasteiger partial charge >= 0.3 is 5.97 Å². The molecule has 0 spiro atoms. The van der Waals surface area contributed by atoms with Crippen molar-refractivity contribution in [1.29, 1.82) is 0 Å². The number of hydrogen-bond acceptors (Lipinski definition) is 3. The maximum absolute atomic E-state index is 10.8. The molecule has 0 saturated carbocycles. The third kappa shape index (κ3) is 1.71. The number of β-lactam (4-membered cyclic amide) rings is 1. The third-order valence-electron chi connectivity index (χ3n) is 1.39. The Labute approximate surface area is 72.6 Å². The van der Waals surface area contributed by atoms with E-state index in [0.717, 1.165) is 5.06 Å². The molecule has 0 aromatic carbocycles. The third-order valence-corrected chi connectivity index (χ3v) is 2.14. The molecule has 1 saturated heterocycles. The van der Waals surface area contributed by atoms with Gasteiger partial charge < -0.3 is 4.84 Å². The monoisotopic (exact) mass is 221 g/mol. The first-order valence-corrected chi connectivity index (χ1v) is 4.34. The molecule has 4 nitrogen and oxygen atoms in total. The smallest absolute Gasteiger partial charge is 0.329 e. The van der Waals surface area contributed by atoms with Gasteiger partial charge in [0.15, 0.2) is 0 Å². The molecule has 0 N–H and O–H groups in total. The minimum absolute atomic E-state index is 0.0198. The zero-order chi connectivity index (χ0) is 8.43. The van der Waals surface area contributed by atoms with Crippen molar-refractivity contribution in [3.8, 4) is 0 Å². The second kappa shape index (κ2) is 3.21. The number of hydroxylamine groups is 2. The summed E-state index contributed by atoms with van der Waals surface area (Å²) in [5, 5.41) is 1.75. The Kier molecular flexibility index (Phi) is 2.49. The fraction of sp³-hybridized carbons (Fsp3) is 0.667. The fourth-order valence-corrected chi connectivity index (χ4v) is 1.34. The van der Waals surface area contributed by atoms with Crippen molar-refractivity contribution in [3.05, 3.63) is 0 Å². The normalized spacial score (nSPS) is 22.9. The molecule has 0 aromatic rings. The first kappa shape index (κ1) is 8.52. The van der Waals surface area contributed by atoms with Gasteiger partial charge in [-0.3, -0.25) is 9.59 Å². The fourth-order valence-electron chi connectivity index (χ4n) is 0.847. The average molecular weight is 222 g/mol. The van der Waals surface area contributed by atoms with Gasteiger partial charge in [0, 0.05) is 12.3 Å². The first-order valence-electron chi connectivity index (χ1n) is 3.21. The molecule has 62 valence electrons. The van der Waals surface area contributed by atoms with Crippen molar-refractivity contribution in [2.45, 2.75) is 19.4 Å². The van der Waals surface area contributed by atoms with E-state index in [2.05, 4.69) is 20.8 Å². The predicted octanol–water partition coefficient (Wildman–Crippen LogP) is 0.460. The van der Waals surface area contributed by atoms with Crippen molar-refractivity contribution in [1.82, 2.24) is 5.06 Å². The van der Waals surface area contributed by atoms with Crippen molar-refractivity contribution >= 4 is 27.8 Å². The van der Waals surface area contributed by atoms with E-state index in [0.29, 0.717) is 11.8 Å². The highest BCUT2D eigenvalue weighted by Gasteiger charge is 2.38. The second-order valence-electron chi connectivity index (χ2n) is 2.31. The molecule has 0 aliphatic carbocycles. The maximum atomic E-state index is 10.8. The number of alkyl halides is 1. The summed E-state index contributed by atoms with van der Waals surface area (Å²) in [7, 11) is 0. The van der Waals surface area contributed by atoms with Crippen LogP contribution >= 0.6 is 15.9 Å². The molecule has 1 fully saturated rings. The van der Waals surface area contributed by atoms with Crippen LogP contribution in [0.5, 0.6) is 0 Å². The topological polar surface area (TPSA) is 46.6 Å². The van der Waals surface area contributed by atoms with Crippen LogP contribution in [0.3, 0.4) is 0 Å². The van der Waals surface area contributed by atoms with Crippen molar-refractivity contribution in [3.63, 3.8) is 0 Å². The van der Waals surface area contributed by atoms with E-state index in [1.807, 2.05) is 0 Å². The molecule has 5 heteroatoms. The van der Waals surface area contributed by atoms with Gasteiger partial charge in [0.25, 0.3) is 5.91 Å². The molecule has 11 heavy (non-hydrogen) atoms. The van der Waals surface area contributed by atoms with Gasteiger partial charge in [-0.15, -0.1) is 0 Å². The SMILES string of the molecule is CC(=O)ON1C(=O)CC1CBr. The highest BCUT2D eigenvalue weighted by molar-refractivity contribution is 9.09. The number of nitrogens with zero attached hydrogens (tertiary/aromatic N) is 1. The summed E-state index contributed by atoms with van der Waals surface area (Å²) in [6, 6.07) is 0.0198. The number of amides is 1. The lowest BCUT2D eigenvalue weighted by Crippen LogP contribution is -2.53. The lowest BCUT2D eigenvalue weighted by Gasteiger charge is -2.36. The van der Waals surface area contributed by atoms with Gasteiger partial charge in [-0.25, -0.2) is 0 Å². The van der Waals surface area contributed by atoms with E-state index in [1.165, 1.54) is 6.92 Å². The summed E-state index contributed by atoms with van der Waals surface area (Å²) >= 11 is 3.20. The van der Waals surface area contributed by atoms with E-state index < -0.39 is 5.97 Å². The molecule has 1 heterocycles. The number of halogens is 1. The summed E-state index contributed by atoms with van der Waals surface area (Å²) < 4.78 is 0. The standard InChI is InChI=1S/C6H8BrNO3/c1-4(9)11-8-5(3-7)2-6(8)10/h5H,2-3H2,1H3. The summed E-state index contributed by atoms with van der Waals surface area (Å²) in [6.07, 6.45) is 0.457. The number of hydrogen-bond donors (Lipinski definition) is 0. The second-order valence-corrected chi connectivity index (χ2v) is 2.96. The quantitative estimate of drug-likeness (QED) is 0.503. The summed E-state index contributed by atoms with van der Waals surface area (Å²) in [5.74, 6) is -0.589. The summed E-state index contributed by atoms with van der Waals surface area (Å²) in [6.45, 7) is 1.27. The molecule has 1 amide bonds. The molecule has 1 rings (SSSR count). The lowest BCUT2D eigenvalue weighted by atomic mass is 10.1. The first-order chi connectivity index (χ1) is 5.15. The Balaban J connectivity index is 2.42. The van der Waals surface area contributed by atoms with Crippen LogP contribution in [-0.2, 0) is 14.4 Å². The number of carbonyl (C=O) groups excluding carboxylic acids is 2. The van der Waals surface area contributed by atoms with Crippen LogP contribution in [0, 0.1) is 0 Å². The van der Waals surface area contributed by atoms with Crippen LogP contribution in [0.15, 0.2) is 0 Å². The zero-order valence-corrected chi connectivity index (χ0v) is 7.63. The average Bonchev–Trinajstić information content (AvgIpc) is 1.95. The molecule has 0 radical (unpaired) electrons. The molecule has 0 bridgehead atoms. The van der Waals surface area contributed by atoms with E-state index >= 15 is 0 Å². The molecule has 1 unspecified atom stereocenters. The highest BCUT2D eigenvalue weighted by Crippen LogP contribution is 2.20. The van der Waals surface area contributed by atoms with E-state index in [-0.39, 0.29) is 11.9 Å². The van der Waals surface area contributed by atoms with Crippen LogP contribution in [0.2, 0.25) is 0 Å². The summed E-state index contributed by atoms with van der Waals surface area (Å²) in [4.78, 5) is 25.8. The molecule has 1 aliphatic rings. The summed E-state index contributed by atoms with van der Waals surface area (Å²) in [5.41, 5.74) is 0. The Morgan fingerprint density at radius 1 is 1.91 bits per heavy atom. The van der Waals surface area contributed by atoms with Crippen molar-refractivity contribution < 1.29 is 14.4 Å². The van der Waals surface area contributed by atoms with Gasteiger partial charge in [-0.2, -0.15) is 5.06 Å². The minimum Gasteiger partial charge on any atom is -0.338 e. The molecule has 0 aromatic heterocycles. The lowest BCUT2D eigenvalue weighted by molar-refractivity contribution is -0.222. The van der Waals surface area contributed by atoms with Gasteiger partial charge in [0.1, 0.15) is 0 Å². The largest absolute Gasteiger partial charge is 0.338 e. The Morgan fingerprint density at radius 3 is 2.91 bits per heavy atom. The Hall–Kier alpha value is -0.580. The minimum atomic E-state index is -0.455. The van der Waals surface area contributed by atoms with Gasteiger partial charge in [-0.05, 0) is 0 Å². The van der Waals surface area contributed by atoms with Crippen LogP contribution in [-0.4, -0.2) is 28.3 Å². The van der Waals surface area contributed by atoms with Crippen molar-refractivity contribution in [2.75, 3.05) is 5.33 Å². The number of rotatable bonds is 2. The van der Waals surface area contributed by atoms with E-state index in [4.69, 9.17) is 0 Å². The predicted molar refractivity (Wildman–Crippen MR) is 40.8 cm³/mol. The highest BCUT2D eigenvalue weighted by atomic mass is 79.9. The van der Waals surface area contributed by atoms with Gasteiger partial charge in [0.05, 0.1) is 12.5 Å². The molecular weight excluding hydrogens is 214 g/mol. The van der Waals surface area contributed by atoms with E-state index in [1.54, 1.807) is 0 Å². The van der Waals surface area contributed by atoms with Crippen LogP contribution in [0.25, 0.3) is 0 Å².